The maximum atomic E-state index is 13.5. The first-order chi connectivity index (χ1) is 10.3. The molecular weight excluding hydrogens is 383 g/mol. The molecule has 0 saturated heterocycles. The lowest BCUT2D eigenvalue weighted by molar-refractivity contribution is -0.472. The highest BCUT2D eigenvalue weighted by Gasteiger charge is 2.91. The van der Waals surface area contributed by atoms with Gasteiger partial charge in [-0.2, -0.15) is 57.1 Å². The Morgan fingerprint density at radius 1 is 0.583 bits per heavy atom. The van der Waals surface area contributed by atoms with Crippen LogP contribution < -0.4 is 0 Å². The maximum absolute atomic E-state index is 13.5. The molecule has 0 aliphatic heterocycles. The molecule has 0 fully saturated rings. The molecule has 146 valence electrons. The van der Waals surface area contributed by atoms with Gasteiger partial charge >= 0.3 is 36.0 Å². The third-order valence-electron chi connectivity index (χ3n) is 2.71. The van der Waals surface area contributed by atoms with E-state index < -0.39 is 49.0 Å². The van der Waals surface area contributed by atoms with Gasteiger partial charge < -0.3 is 4.74 Å². The fourth-order valence-corrected chi connectivity index (χ4v) is 1.28. The maximum Gasteiger partial charge on any atom is 0.460 e. The van der Waals surface area contributed by atoms with Crippen LogP contribution in [0, 0.1) is 0 Å². The third-order valence-corrected chi connectivity index (χ3v) is 2.71. The molecule has 0 spiro atoms. The first-order valence-electron chi connectivity index (χ1n) is 5.91. The molecule has 0 bridgehead atoms. The standard InChI is InChI=1S/C10H9F13O/c1-2-3-4-24-8(17,10(21,22)23)6(13,14)5(11,12)7(15,16)9(18,19)20/h2-4H2,1H3. The number of hydrogen-bond acceptors (Lipinski definition) is 1. The first kappa shape index (κ1) is 23.1. The molecule has 0 radical (unpaired) electrons. The van der Waals surface area contributed by atoms with Gasteiger partial charge in [-0.15, -0.1) is 0 Å². The van der Waals surface area contributed by atoms with Crippen molar-refractivity contribution in [3.8, 4) is 0 Å². The van der Waals surface area contributed by atoms with Crippen molar-refractivity contribution in [2.24, 2.45) is 0 Å². The Balaban J connectivity index is 6.18. The molecule has 0 aromatic heterocycles. The summed E-state index contributed by atoms with van der Waals surface area (Å²) in [6, 6.07) is 0. The highest BCUT2D eigenvalue weighted by molar-refractivity contribution is 5.08. The van der Waals surface area contributed by atoms with Crippen molar-refractivity contribution >= 4 is 0 Å². The Morgan fingerprint density at radius 3 is 1.29 bits per heavy atom. The van der Waals surface area contributed by atoms with Gasteiger partial charge in [-0.05, 0) is 6.42 Å². The highest BCUT2D eigenvalue weighted by atomic mass is 19.4. The molecule has 0 heterocycles. The first-order valence-corrected chi connectivity index (χ1v) is 5.91. The average Bonchev–Trinajstić information content (AvgIpc) is 2.35. The van der Waals surface area contributed by atoms with Crippen molar-refractivity contribution < 1.29 is 61.8 Å². The zero-order chi connectivity index (χ0) is 19.8. The number of ether oxygens (including phenoxy) is 1. The van der Waals surface area contributed by atoms with E-state index in [1.54, 1.807) is 0 Å². The minimum absolute atomic E-state index is 0.116. The van der Waals surface area contributed by atoms with Crippen LogP contribution in [0.2, 0.25) is 0 Å². The monoisotopic (exact) mass is 392 g/mol. The summed E-state index contributed by atoms with van der Waals surface area (Å²) in [6.07, 6.45) is -15.1. The van der Waals surface area contributed by atoms with Gasteiger partial charge in [0.05, 0.1) is 6.61 Å². The van der Waals surface area contributed by atoms with Gasteiger partial charge in [0, 0.05) is 0 Å². The predicted molar refractivity (Wildman–Crippen MR) is 51.7 cm³/mol. The normalized spacial score (nSPS) is 17.8. The van der Waals surface area contributed by atoms with Crippen molar-refractivity contribution in [1.82, 2.24) is 0 Å². The second-order valence-corrected chi connectivity index (χ2v) is 4.52. The minimum Gasteiger partial charge on any atom is -0.334 e. The Bertz CT molecular complexity index is 423. The number of hydrogen-bond donors (Lipinski definition) is 0. The topological polar surface area (TPSA) is 9.23 Å². The summed E-state index contributed by atoms with van der Waals surface area (Å²) in [5.41, 5.74) is 0. The van der Waals surface area contributed by atoms with Crippen molar-refractivity contribution in [2.75, 3.05) is 6.61 Å². The zero-order valence-corrected chi connectivity index (χ0v) is 11.4. The van der Waals surface area contributed by atoms with Gasteiger partial charge in [-0.1, -0.05) is 13.3 Å². The summed E-state index contributed by atoms with van der Waals surface area (Å²) in [4.78, 5) is 0. The molecule has 0 aromatic carbocycles. The van der Waals surface area contributed by atoms with E-state index in [1.807, 2.05) is 0 Å². The second-order valence-electron chi connectivity index (χ2n) is 4.52. The molecule has 0 aliphatic carbocycles. The van der Waals surface area contributed by atoms with Crippen LogP contribution in [0.1, 0.15) is 19.8 Å². The molecule has 0 saturated carbocycles. The number of rotatable bonds is 7. The fraction of sp³-hybridized carbons (Fsp3) is 1.00. The van der Waals surface area contributed by atoms with Crippen LogP contribution in [0.3, 0.4) is 0 Å². The van der Waals surface area contributed by atoms with E-state index in [4.69, 9.17) is 0 Å². The van der Waals surface area contributed by atoms with Crippen LogP contribution in [0.5, 0.6) is 0 Å². The van der Waals surface area contributed by atoms with Crippen molar-refractivity contribution in [3.05, 3.63) is 0 Å². The lowest BCUT2D eigenvalue weighted by Crippen LogP contribution is -2.71. The van der Waals surface area contributed by atoms with Gasteiger partial charge in [0.2, 0.25) is 0 Å². The summed E-state index contributed by atoms with van der Waals surface area (Å²) < 4.78 is 167. The predicted octanol–water partition coefficient (Wildman–Crippen LogP) is 5.50. The molecule has 14 heteroatoms. The molecule has 0 aromatic rings. The summed E-state index contributed by atoms with van der Waals surface area (Å²) in [5.74, 6) is -29.8. The van der Waals surface area contributed by atoms with E-state index in [1.165, 1.54) is 6.92 Å². The quantitative estimate of drug-likeness (QED) is 0.411. The molecular formula is C10H9F13O. The van der Waals surface area contributed by atoms with Crippen molar-refractivity contribution in [3.63, 3.8) is 0 Å². The summed E-state index contributed by atoms with van der Waals surface area (Å²) in [7, 11) is 0. The van der Waals surface area contributed by atoms with Crippen molar-refractivity contribution in [2.45, 2.75) is 55.7 Å². The zero-order valence-electron chi connectivity index (χ0n) is 11.4. The van der Waals surface area contributed by atoms with Crippen LogP contribution in [0.25, 0.3) is 0 Å². The Labute approximate surface area is 125 Å². The van der Waals surface area contributed by atoms with Gasteiger partial charge in [0.15, 0.2) is 0 Å². The van der Waals surface area contributed by atoms with E-state index >= 15 is 0 Å². The van der Waals surface area contributed by atoms with E-state index in [0.29, 0.717) is 0 Å². The third kappa shape index (κ3) is 3.38. The van der Waals surface area contributed by atoms with E-state index in [-0.39, 0.29) is 6.42 Å². The molecule has 24 heavy (non-hydrogen) atoms. The summed E-state index contributed by atoms with van der Waals surface area (Å²) in [6.45, 7) is -0.364. The highest BCUT2D eigenvalue weighted by Crippen LogP contribution is 2.60. The molecule has 0 N–H and O–H groups in total. The Kier molecular flexibility index (Phi) is 6.15. The van der Waals surface area contributed by atoms with E-state index in [9.17, 15) is 57.1 Å². The number of alkyl halides is 13. The average molecular weight is 392 g/mol. The van der Waals surface area contributed by atoms with Gasteiger partial charge in [0.1, 0.15) is 0 Å². The molecule has 1 unspecified atom stereocenters. The second kappa shape index (κ2) is 6.41. The van der Waals surface area contributed by atoms with Crippen LogP contribution >= 0.6 is 0 Å². The lowest BCUT2D eigenvalue weighted by atomic mass is 9.96. The van der Waals surface area contributed by atoms with Crippen LogP contribution in [0.15, 0.2) is 0 Å². The lowest BCUT2D eigenvalue weighted by Gasteiger charge is -2.40. The van der Waals surface area contributed by atoms with Crippen LogP contribution in [-0.2, 0) is 4.74 Å². The SMILES string of the molecule is CCCCOC(F)(C(F)(F)F)C(F)(F)C(F)(F)C(F)(F)C(F)(F)F. The number of unbranched alkanes of at least 4 members (excludes halogenated alkanes) is 1. The van der Waals surface area contributed by atoms with Crippen LogP contribution in [-0.4, -0.2) is 42.6 Å². The van der Waals surface area contributed by atoms with Gasteiger partial charge in [0.25, 0.3) is 0 Å². The van der Waals surface area contributed by atoms with Gasteiger partial charge in [-0.3, -0.25) is 0 Å². The van der Waals surface area contributed by atoms with Gasteiger partial charge in [-0.25, -0.2) is 0 Å². The smallest absolute Gasteiger partial charge is 0.334 e. The van der Waals surface area contributed by atoms with Crippen LogP contribution in [0.4, 0.5) is 57.1 Å². The minimum atomic E-state index is -7.80. The molecule has 0 rings (SSSR count). The fourth-order valence-electron chi connectivity index (χ4n) is 1.28. The van der Waals surface area contributed by atoms with Crippen molar-refractivity contribution in [1.29, 1.82) is 0 Å². The number of halogens is 13. The largest absolute Gasteiger partial charge is 0.460 e. The molecule has 0 amide bonds. The molecule has 0 aliphatic rings. The summed E-state index contributed by atoms with van der Waals surface area (Å²) in [5, 5.41) is 0. The molecule has 1 nitrogen and oxygen atoms in total. The molecule has 1 atom stereocenters. The van der Waals surface area contributed by atoms with E-state index in [2.05, 4.69) is 4.74 Å². The Morgan fingerprint density at radius 2 is 1.00 bits per heavy atom. The summed E-state index contributed by atoms with van der Waals surface area (Å²) >= 11 is 0. The van der Waals surface area contributed by atoms with E-state index in [0.717, 1.165) is 0 Å². The Hall–Kier alpha value is -0.950.